The van der Waals surface area contributed by atoms with E-state index < -0.39 is 17.2 Å². The topological polar surface area (TPSA) is 60.2 Å². The van der Waals surface area contributed by atoms with E-state index in [0.29, 0.717) is 11.5 Å². The van der Waals surface area contributed by atoms with Crippen molar-refractivity contribution >= 4 is 18.6 Å². The first kappa shape index (κ1) is 33.6. The molecule has 2 aromatic rings. The summed E-state index contributed by atoms with van der Waals surface area (Å²) in [6.45, 7) is 34.3. The summed E-state index contributed by atoms with van der Waals surface area (Å²) in [5.74, 6) is 0.950. The van der Waals surface area contributed by atoms with Gasteiger partial charge in [-0.1, -0.05) is 95.2 Å². The molecule has 5 heteroatoms. The second-order valence-electron chi connectivity index (χ2n) is 17.0. The van der Waals surface area contributed by atoms with Gasteiger partial charge in [-0.2, -0.15) is 0 Å². The zero-order valence-corrected chi connectivity index (χ0v) is 29.1. The Kier molecular flexibility index (Phi) is 8.50. The molecule has 0 fully saturated rings. The van der Waals surface area contributed by atoms with Crippen LogP contribution in [-0.2, 0) is 21.7 Å². The van der Waals surface area contributed by atoms with Crippen molar-refractivity contribution in [1.82, 2.24) is 0 Å². The predicted octanol–water partition coefficient (Wildman–Crippen LogP) is 9.86. The molecule has 1 aliphatic heterocycles. The largest absolute Gasteiger partial charge is 0.519 e. The molecular formula is C37H54N2O3. The first-order valence-corrected chi connectivity index (χ1v) is 15.1. The lowest BCUT2D eigenvalue weighted by Gasteiger charge is -2.35. The number of fused-ring (bicyclic) bond motifs is 2. The molecule has 0 saturated carbocycles. The second-order valence-corrected chi connectivity index (χ2v) is 17.0. The third-order valence-electron chi connectivity index (χ3n) is 8.50. The van der Waals surface area contributed by atoms with Gasteiger partial charge in [0.25, 0.3) is 0 Å². The molecule has 0 aromatic heterocycles. The van der Waals surface area contributed by atoms with E-state index in [2.05, 4.69) is 135 Å². The van der Waals surface area contributed by atoms with Crippen LogP contribution in [0.4, 0.5) is 4.79 Å². The number of hydrogen-bond donors (Lipinski definition) is 0. The molecule has 42 heavy (non-hydrogen) atoms. The number of rotatable bonds is 0. The zero-order valence-electron chi connectivity index (χ0n) is 29.1. The minimum atomic E-state index is -0.778. The Morgan fingerprint density at radius 2 is 0.833 bits per heavy atom. The van der Waals surface area contributed by atoms with Gasteiger partial charge < -0.3 is 9.47 Å². The summed E-state index contributed by atoms with van der Waals surface area (Å²) < 4.78 is 12.4. The number of carbonyl (C=O) groups is 1. The first-order chi connectivity index (χ1) is 18.7. The van der Waals surface area contributed by atoms with Crippen LogP contribution in [0.2, 0.25) is 0 Å². The van der Waals surface area contributed by atoms with E-state index in [-0.39, 0.29) is 21.7 Å². The van der Waals surface area contributed by atoms with Gasteiger partial charge in [-0.25, -0.2) is 4.79 Å². The van der Waals surface area contributed by atoms with E-state index in [0.717, 1.165) is 33.4 Å². The van der Waals surface area contributed by atoms with Gasteiger partial charge in [0, 0.05) is 34.7 Å². The Morgan fingerprint density at radius 1 is 0.524 bits per heavy atom. The Morgan fingerprint density at radius 3 is 1.10 bits per heavy atom. The Bertz CT molecular complexity index is 1310. The van der Waals surface area contributed by atoms with E-state index in [1.165, 1.54) is 0 Å². The minimum absolute atomic E-state index is 0.116. The van der Waals surface area contributed by atoms with Crippen LogP contribution in [0.1, 0.15) is 144 Å². The molecule has 0 aliphatic carbocycles. The predicted molar refractivity (Wildman–Crippen MR) is 178 cm³/mol. The Balaban J connectivity index is 2.44. The average molecular weight is 575 g/mol. The van der Waals surface area contributed by atoms with E-state index in [4.69, 9.17) is 19.5 Å². The van der Waals surface area contributed by atoms with Gasteiger partial charge >= 0.3 is 6.16 Å². The number of carbonyl (C=O) groups excluding carboxylic acids is 1. The lowest BCUT2D eigenvalue weighted by atomic mass is 9.78. The monoisotopic (exact) mass is 574 g/mol. The fourth-order valence-electron chi connectivity index (χ4n) is 4.67. The van der Waals surface area contributed by atoms with Crippen molar-refractivity contribution in [2.24, 2.45) is 9.98 Å². The maximum Gasteiger partial charge on any atom is 0.519 e. The molecule has 230 valence electrons. The normalized spacial score (nSPS) is 19.2. The SMILES string of the molecule is CC(C)(C)c1cc2c(c(C(C)(C)C)c1)OC(=O)Oc1c(cc(C(C)(C)C)cc1C(C)(C)C)/C=N/C(C)(C)C(C)(C)/N=C/2. The maximum atomic E-state index is 13.8. The molecule has 0 N–H and O–H groups in total. The van der Waals surface area contributed by atoms with Crippen molar-refractivity contribution in [1.29, 1.82) is 0 Å². The van der Waals surface area contributed by atoms with Crippen LogP contribution < -0.4 is 9.47 Å². The third kappa shape index (κ3) is 7.15. The van der Waals surface area contributed by atoms with Crippen molar-refractivity contribution in [3.8, 4) is 11.5 Å². The molecule has 0 amide bonds. The summed E-state index contributed by atoms with van der Waals surface area (Å²) in [5, 5.41) is 0. The van der Waals surface area contributed by atoms with Crippen LogP contribution in [0.15, 0.2) is 34.3 Å². The van der Waals surface area contributed by atoms with E-state index >= 15 is 0 Å². The standard InChI is InChI=1S/C37H54N2O3/c1-32(2,3)25-17-23-21-38-36(13,14)37(15,16)39-22-24-18-26(33(4,5)6)20-28(35(10,11)12)30(24)42-31(40)41-29(23)27(19-25)34(7,8)9/h17-22H,1-16H3/b38-21+,39-22+. The number of benzene rings is 2. The molecule has 5 nitrogen and oxygen atoms in total. The summed E-state index contributed by atoms with van der Waals surface area (Å²) in [7, 11) is 0. The van der Waals surface area contributed by atoms with E-state index in [1.807, 2.05) is 12.4 Å². The molecule has 0 saturated heterocycles. The zero-order chi connectivity index (χ0) is 32.3. The smallest absolute Gasteiger partial charge is 0.394 e. The summed E-state index contributed by atoms with van der Waals surface area (Å²) in [6.07, 6.45) is 2.90. The summed E-state index contributed by atoms with van der Waals surface area (Å²) in [5.41, 5.74) is 3.64. The first-order valence-electron chi connectivity index (χ1n) is 15.1. The van der Waals surface area contributed by atoms with Crippen LogP contribution in [0.5, 0.6) is 11.5 Å². The molecular weight excluding hydrogens is 520 g/mol. The molecule has 2 aromatic carbocycles. The van der Waals surface area contributed by atoms with E-state index in [1.54, 1.807) is 0 Å². The van der Waals surface area contributed by atoms with Crippen LogP contribution in [0.3, 0.4) is 0 Å². The molecule has 0 bridgehead atoms. The fraction of sp³-hybridized carbons (Fsp3) is 0.595. The number of hydrogen-bond acceptors (Lipinski definition) is 5. The van der Waals surface area contributed by atoms with Crippen molar-refractivity contribution in [3.05, 3.63) is 57.6 Å². The quantitative estimate of drug-likeness (QED) is 0.232. The molecule has 3 rings (SSSR count). The minimum Gasteiger partial charge on any atom is -0.394 e. The molecule has 0 atom stereocenters. The summed E-state index contributed by atoms with van der Waals surface area (Å²) in [6, 6.07) is 8.47. The van der Waals surface area contributed by atoms with Crippen LogP contribution >= 0.6 is 0 Å². The molecule has 1 aliphatic rings. The van der Waals surface area contributed by atoms with Gasteiger partial charge in [-0.15, -0.1) is 0 Å². The molecule has 1 heterocycles. The van der Waals surface area contributed by atoms with Crippen LogP contribution in [0, 0.1) is 0 Å². The van der Waals surface area contributed by atoms with E-state index in [9.17, 15) is 4.79 Å². The Hall–Kier alpha value is -2.95. The van der Waals surface area contributed by atoms with Gasteiger partial charge in [0.05, 0.1) is 11.1 Å². The summed E-state index contributed by atoms with van der Waals surface area (Å²) >= 11 is 0. The van der Waals surface area contributed by atoms with Gasteiger partial charge in [0.2, 0.25) is 0 Å². The molecule has 0 spiro atoms. The van der Waals surface area contributed by atoms with Crippen molar-refractivity contribution in [2.45, 2.75) is 144 Å². The van der Waals surface area contributed by atoms with Crippen LogP contribution in [-0.4, -0.2) is 29.7 Å². The highest BCUT2D eigenvalue weighted by atomic mass is 16.7. The van der Waals surface area contributed by atoms with Crippen LogP contribution in [0.25, 0.3) is 0 Å². The number of aliphatic imine (C=N–C) groups is 2. The lowest BCUT2D eigenvalue weighted by Crippen LogP contribution is -2.42. The van der Waals surface area contributed by atoms with Gasteiger partial charge in [0.1, 0.15) is 11.5 Å². The number of ether oxygens (including phenoxy) is 2. The average Bonchev–Trinajstić information content (AvgIpc) is 2.79. The van der Waals surface area contributed by atoms with Crippen molar-refractivity contribution in [3.63, 3.8) is 0 Å². The highest BCUT2D eigenvalue weighted by Gasteiger charge is 2.37. The molecule has 0 radical (unpaired) electrons. The van der Waals surface area contributed by atoms with Crippen molar-refractivity contribution in [2.75, 3.05) is 0 Å². The maximum absolute atomic E-state index is 13.8. The second kappa shape index (κ2) is 10.6. The highest BCUT2D eigenvalue weighted by Crippen LogP contribution is 2.41. The van der Waals surface area contributed by atoms with Gasteiger partial charge in [-0.3, -0.25) is 9.98 Å². The molecule has 0 unspecified atom stereocenters. The van der Waals surface area contributed by atoms with Gasteiger partial charge in [0.15, 0.2) is 0 Å². The van der Waals surface area contributed by atoms with Gasteiger partial charge in [-0.05, 0) is 72.6 Å². The third-order valence-corrected chi connectivity index (χ3v) is 8.50. The lowest BCUT2D eigenvalue weighted by molar-refractivity contribution is 0.150. The Labute approximate surface area is 255 Å². The number of nitrogens with zero attached hydrogens (tertiary/aromatic N) is 2. The summed E-state index contributed by atoms with van der Waals surface area (Å²) in [4.78, 5) is 23.9. The van der Waals surface area contributed by atoms with Crippen molar-refractivity contribution < 1.29 is 14.3 Å². The fourth-order valence-corrected chi connectivity index (χ4v) is 4.67. The highest BCUT2D eigenvalue weighted by molar-refractivity contribution is 5.89.